The summed E-state index contributed by atoms with van der Waals surface area (Å²) in [6, 6.07) is 0. The molecule has 0 amide bonds. The number of rotatable bonds is 2. The monoisotopic (exact) mass is 242 g/mol. The highest BCUT2D eigenvalue weighted by atomic mass is 19.4. The van der Waals surface area contributed by atoms with Crippen LogP contribution in [0.2, 0.25) is 0 Å². The van der Waals surface area contributed by atoms with Gasteiger partial charge in [0.2, 0.25) is 0 Å². The fourth-order valence-electron chi connectivity index (χ4n) is 1.01. The average Bonchev–Trinajstić information content (AvgIpc) is 2.15. The SMILES string of the molecule is CC1=C(C=O)NNC(C(F)(F)C(F)(F)F)=C1. The normalized spacial score (nSPS) is 17.5. The van der Waals surface area contributed by atoms with Gasteiger partial charge >= 0.3 is 12.1 Å². The second-order valence-electron chi connectivity index (χ2n) is 3.09. The predicted octanol–water partition coefficient (Wildman–Crippen LogP) is 1.65. The highest BCUT2D eigenvalue weighted by Gasteiger charge is 2.60. The van der Waals surface area contributed by atoms with Gasteiger partial charge in [0.1, 0.15) is 5.70 Å². The summed E-state index contributed by atoms with van der Waals surface area (Å²) in [5.41, 5.74) is 2.16. The number of halogens is 5. The maximum absolute atomic E-state index is 12.8. The van der Waals surface area contributed by atoms with Gasteiger partial charge in [-0.1, -0.05) is 0 Å². The molecule has 0 unspecified atom stereocenters. The highest BCUT2D eigenvalue weighted by Crippen LogP contribution is 2.40. The molecule has 3 nitrogen and oxygen atoms in total. The summed E-state index contributed by atoms with van der Waals surface area (Å²) in [4.78, 5) is 10.3. The Bertz CT molecular complexity index is 369. The predicted molar refractivity (Wildman–Crippen MR) is 44.1 cm³/mol. The first kappa shape index (κ1) is 12.5. The molecule has 90 valence electrons. The van der Waals surface area contributed by atoms with Crippen molar-refractivity contribution < 1.29 is 26.7 Å². The summed E-state index contributed by atoms with van der Waals surface area (Å²) >= 11 is 0. The fourth-order valence-corrected chi connectivity index (χ4v) is 1.01. The van der Waals surface area contributed by atoms with E-state index in [9.17, 15) is 26.7 Å². The Morgan fingerprint density at radius 3 is 2.12 bits per heavy atom. The number of nitrogens with one attached hydrogen (secondary N) is 2. The topological polar surface area (TPSA) is 41.1 Å². The lowest BCUT2D eigenvalue weighted by Crippen LogP contribution is -2.48. The molecule has 16 heavy (non-hydrogen) atoms. The molecule has 0 atom stereocenters. The van der Waals surface area contributed by atoms with E-state index in [4.69, 9.17) is 0 Å². The van der Waals surface area contributed by atoms with Crippen LogP contribution in [0.25, 0.3) is 0 Å². The van der Waals surface area contributed by atoms with Gasteiger partial charge in [-0.05, 0) is 18.6 Å². The Morgan fingerprint density at radius 1 is 1.19 bits per heavy atom. The third kappa shape index (κ3) is 2.00. The molecular weight excluding hydrogens is 235 g/mol. The van der Waals surface area contributed by atoms with Crippen molar-refractivity contribution in [1.82, 2.24) is 10.9 Å². The average molecular weight is 242 g/mol. The summed E-state index contributed by atoms with van der Waals surface area (Å²) in [5.74, 6) is -4.99. The molecule has 0 bridgehead atoms. The van der Waals surface area contributed by atoms with E-state index >= 15 is 0 Å². The van der Waals surface area contributed by atoms with E-state index in [2.05, 4.69) is 0 Å². The van der Waals surface area contributed by atoms with Gasteiger partial charge in [0, 0.05) is 0 Å². The van der Waals surface area contributed by atoms with Gasteiger partial charge in [-0.15, -0.1) is 0 Å². The Labute approximate surface area is 87.0 Å². The molecule has 0 aromatic heterocycles. The summed E-state index contributed by atoms with van der Waals surface area (Å²) in [7, 11) is 0. The number of carbonyl (C=O) groups is 1. The van der Waals surface area contributed by atoms with Crippen LogP contribution in [0, 0.1) is 0 Å². The second-order valence-corrected chi connectivity index (χ2v) is 3.09. The molecule has 0 saturated heterocycles. The molecular formula is C8H7F5N2O. The summed E-state index contributed by atoms with van der Waals surface area (Å²) in [6.07, 6.45) is -4.80. The van der Waals surface area contributed by atoms with E-state index in [0.717, 1.165) is 0 Å². The fraction of sp³-hybridized carbons (Fsp3) is 0.375. The minimum absolute atomic E-state index is 0.00678. The Morgan fingerprint density at radius 2 is 1.75 bits per heavy atom. The zero-order valence-electron chi connectivity index (χ0n) is 7.95. The molecule has 1 aliphatic heterocycles. The van der Waals surface area contributed by atoms with E-state index in [-0.39, 0.29) is 11.3 Å². The molecule has 1 heterocycles. The van der Waals surface area contributed by atoms with Crippen molar-refractivity contribution in [3.05, 3.63) is 23.0 Å². The largest absolute Gasteiger partial charge is 0.459 e. The van der Waals surface area contributed by atoms with E-state index in [0.29, 0.717) is 12.4 Å². The molecule has 0 aromatic rings. The molecule has 0 aromatic carbocycles. The van der Waals surface area contributed by atoms with Gasteiger partial charge in [0.05, 0.1) is 5.70 Å². The standard InChI is InChI=1S/C8H7F5N2O/c1-4-2-6(15-14-5(4)3-16)7(9,10)8(11,12)13/h2-3,14-15H,1H3. The molecule has 1 rings (SSSR count). The van der Waals surface area contributed by atoms with Gasteiger partial charge in [0.25, 0.3) is 0 Å². The van der Waals surface area contributed by atoms with Crippen LogP contribution in [0.1, 0.15) is 6.92 Å². The van der Waals surface area contributed by atoms with Crippen LogP contribution in [-0.4, -0.2) is 18.4 Å². The second kappa shape index (κ2) is 3.76. The van der Waals surface area contributed by atoms with Gasteiger partial charge in [-0.25, -0.2) is 0 Å². The maximum atomic E-state index is 12.8. The Hall–Kier alpha value is -1.60. The van der Waals surface area contributed by atoms with Crippen molar-refractivity contribution >= 4 is 6.29 Å². The third-order valence-electron chi connectivity index (χ3n) is 1.93. The van der Waals surface area contributed by atoms with Crippen molar-refractivity contribution in [3.63, 3.8) is 0 Å². The van der Waals surface area contributed by atoms with Crippen LogP contribution in [0.5, 0.6) is 0 Å². The Kier molecular flexibility index (Phi) is 2.93. The van der Waals surface area contributed by atoms with E-state index in [1.807, 2.05) is 5.43 Å². The molecule has 1 aliphatic rings. The highest BCUT2D eigenvalue weighted by molar-refractivity contribution is 5.75. The Balaban J connectivity index is 3.10. The molecule has 2 N–H and O–H groups in total. The van der Waals surface area contributed by atoms with Gasteiger partial charge in [-0.3, -0.25) is 15.6 Å². The number of alkyl halides is 5. The summed E-state index contributed by atoms with van der Waals surface area (Å²) in [5, 5.41) is 0. The smallest absolute Gasteiger partial charge is 0.299 e. The van der Waals surface area contributed by atoms with Crippen molar-refractivity contribution in [3.8, 4) is 0 Å². The molecule has 0 saturated carbocycles. The summed E-state index contributed by atoms with van der Waals surface area (Å²) < 4.78 is 61.6. The first-order valence-electron chi connectivity index (χ1n) is 4.05. The molecule has 0 radical (unpaired) electrons. The molecule has 0 aliphatic carbocycles. The number of hydrazine groups is 1. The van der Waals surface area contributed by atoms with Crippen molar-refractivity contribution in [2.24, 2.45) is 0 Å². The lowest BCUT2D eigenvalue weighted by molar-refractivity contribution is -0.266. The minimum atomic E-state index is -5.69. The number of hydrogen-bond acceptors (Lipinski definition) is 3. The first-order valence-corrected chi connectivity index (χ1v) is 4.05. The molecule has 8 heteroatoms. The van der Waals surface area contributed by atoms with Crippen molar-refractivity contribution in [2.75, 3.05) is 0 Å². The lowest BCUT2D eigenvalue weighted by atomic mass is 10.1. The quantitative estimate of drug-likeness (QED) is 0.571. The van der Waals surface area contributed by atoms with Crippen molar-refractivity contribution in [1.29, 1.82) is 0 Å². The van der Waals surface area contributed by atoms with Gasteiger partial charge in [0.15, 0.2) is 6.29 Å². The van der Waals surface area contributed by atoms with Gasteiger partial charge in [-0.2, -0.15) is 22.0 Å². The third-order valence-corrected chi connectivity index (χ3v) is 1.93. The van der Waals surface area contributed by atoms with E-state index < -0.39 is 17.8 Å². The number of carbonyl (C=O) groups excluding carboxylic acids is 1. The van der Waals surface area contributed by atoms with Crippen LogP contribution in [0.15, 0.2) is 23.0 Å². The number of aldehydes is 1. The van der Waals surface area contributed by atoms with Crippen LogP contribution in [0.4, 0.5) is 22.0 Å². The van der Waals surface area contributed by atoms with Gasteiger partial charge < -0.3 is 0 Å². The zero-order valence-corrected chi connectivity index (χ0v) is 7.95. The van der Waals surface area contributed by atoms with Crippen LogP contribution < -0.4 is 10.9 Å². The van der Waals surface area contributed by atoms with E-state index in [1.165, 1.54) is 6.92 Å². The first-order chi connectivity index (χ1) is 7.20. The van der Waals surface area contributed by atoms with Crippen LogP contribution >= 0.6 is 0 Å². The lowest BCUT2D eigenvalue weighted by Gasteiger charge is -2.27. The van der Waals surface area contributed by atoms with Crippen molar-refractivity contribution in [2.45, 2.75) is 19.0 Å². The number of hydrogen-bond donors (Lipinski definition) is 2. The zero-order chi connectivity index (χ0) is 12.6. The van der Waals surface area contributed by atoms with Crippen LogP contribution in [0.3, 0.4) is 0 Å². The van der Waals surface area contributed by atoms with Crippen LogP contribution in [-0.2, 0) is 4.79 Å². The summed E-state index contributed by atoms with van der Waals surface area (Å²) in [6.45, 7) is 1.24. The molecule has 0 fully saturated rings. The molecule has 0 spiro atoms. The number of allylic oxidation sites excluding steroid dienone is 4. The van der Waals surface area contributed by atoms with E-state index in [1.54, 1.807) is 5.43 Å². The maximum Gasteiger partial charge on any atom is 0.459 e. The minimum Gasteiger partial charge on any atom is -0.299 e.